The van der Waals surface area contributed by atoms with Gasteiger partial charge < -0.3 is 14.8 Å². The highest BCUT2D eigenvalue weighted by Crippen LogP contribution is 2.25. The van der Waals surface area contributed by atoms with Gasteiger partial charge in [-0.1, -0.05) is 0 Å². The summed E-state index contributed by atoms with van der Waals surface area (Å²) in [5, 5.41) is 4.72. The third-order valence-electron chi connectivity index (χ3n) is 3.64. The molecule has 0 bridgehead atoms. The van der Waals surface area contributed by atoms with E-state index in [1.807, 2.05) is 40.2 Å². The number of rotatable bonds is 7. The van der Waals surface area contributed by atoms with Crippen LogP contribution in [0.25, 0.3) is 16.2 Å². The van der Waals surface area contributed by atoms with Crippen LogP contribution in [-0.4, -0.2) is 42.7 Å². The molecule has 1 N–H and O–H groups in total. The van der Waals surface area contributed by atoms with Crippen LogP contribution in [0.4, 0.5) is 0 Å². The SMILES string of the molecule is COCCCNC(=O)c1csc2nc(-c3ccc(OC)cc3)cn12. The summed E-state index contributed by atoms with van der Waals surface area (Å²) < 4.78 is 12.0. The molecule has 0 saturated heterocycles. The predicted octanol–water partition coefficient (Wildman–Crippen LogP) is 2.84. The zero-order valence-corrected chi connectivity index (χ0v) is 14.4. The number of nitrogens with one attached hydrogen (secondary N) is 1. The maximum Gasteiger partial charge on any atom is 0.269 e. The predicted molar refractivity (Wildman–Crippen MR) is 93.9 cm³/mol. The summed E-state index contributed by atoms with van der Waals surface area (Å²) in [5.74, 6) is 0.701. The largest absolute Gasteiger partial charge is 0.497 e. The molecule has 24 heavy (non-hydrogen) atoms. The number of carbonyl (C=O) groups is 1. The second-order valence-electron chi connectivity index (χ2n) is 5.23. The summed E-state index contributed by atoms with van der Waals surface area (Å²) in [6.45, 7) is 1.22. The smallest absolute Gasteiger partial charge is 0.269 e. The van der Waals surface area contributed by atoms with Gasteiger partial charge in [-0.3, -0.25) is 9.20 Å². The molecule has 6 nitrogen and oxygen atoms in total. The van der Waals surface area contributed by atoms with Crippen molar-refractivity contribution in [3.63, 3.8) is 0 Å². The molecular formula is C17H19N3O3S. The van der Waals surface area contributed by atoms with Crippen molar-refractivity contribution in [2.75, 3.05) is 27.4 Å². The van der Waals surface area contributed by atoms with Crippen LogP contribution in [0.2, 0.25) is 0 Å². The lowest BCUT2D eigenvalue weighted by Gasteiger charge is -2.03. The average Bonchev–Trinajstić information content (AvgIpc) is 3.19. The van der Waals surface area contributed by atoms with E-state index in [-0.39, 0.29) is 5.91 Å². The van der Waals surface area contributed by atoms with Gasteiger partial charge in [0, 0.05) is 37.4 Å². The van der Waals surface area contributed by atoms with Gasteiger partial charge in [0.1, 0.15) is 11.4 Å². The van der Waals surface area contributed by atoms with Crippen molar-refractivity contribution < 1.29 is 14.3 Å². The van der Waals surface area contributed by atoms with Crippen molar-refractivity contribution >= 4 is 22.2 Å². The molecular weight excluding hydrogens is 326 g/mol. The molecule has 0 spiro atoms. The van der Waals surface area contributed by atoms with Crippen molar-refractivity contribution in [2.24, 2.45) is 0 Å². The number of hydrogen-bond acceptors (Lipinski definition) is 5. The van der Waals surface area contributed by atoms with Crippen LogP contribution in [0.3, 0.4) is 0 Å². The molecule has 7 heteroatoms. The number of carbonyl (C=O) groups excluding carboxylic acids is 1. The van der Waals surface area contributed by atoms with Gasteiger partial charge in [0.2, 0.25) is 0 Å². The number of ether oxygens (including phenoxy) is 2. The molecule has 0 aliphatic heterocycles. The molecule has 126 valence electrons. The van der Waals surface area contributed by atoms with Gasteiger partial charge in [-0.25, -0.2) is 4.98 Å². The van der Waals surface area contributed by atoms with E-state index < -0.39 is 0 Å². The first-order valence-corrected chi connectivity index (χ1v) is 8.49. The number of methoxy groups -OCH3 is 2. The van der Waals surface area contributed by atoms with E-state index in [2.05, 4.69) is 10.3 Å². The Balaban J connectivity index is 1.79. The number of nitrogens with zero attached hydrogens (tertiary/aromatic N) is 2. The maximum absolute atomic E-state index is 12.3. The van der Waals surface area contributed by atoms with Gasteiger partial charge in [0.05, 0.1) is 12.8 Å². The average molecular weight is 345 g/mol. The molecule has 1 amide bonds. The monoisotopic (exact) mass is 345 g/mol. The lowest BCUT2D eigenvalue weighted by atomic mass is 10.2. The molecule has 2 heterocycles. The number of thiazole rings is 1. The summed E-state index contributed by atoms with van der Waals surface area (Å²) >= 11 is 1.45. The second kappa shape index (κ2) is 7.46. The van der Waals surface area contributed by atoms with Crippen LogP contribution in [-0.2, 0) is 4.74 Å². The van der Waals surface area contributed by atoms with Gasteiger partial charge in [0.25, 0.3) is 5.91 Å². The zero-order chi connectivity index (χ0) is 16.9. The van der Waals surface area contributed by atoms with E-state index in [9.17, 15) is 4.79 Å². The molecule has 0 fully saturated rings. The molecule has 0 radical (unpaired) electrons. The highest BCUT2D eigenvalue weighted by Gasteiger charge is 2.14. The first-order chi connectivity index (χ1) is 11.7. The lowest BCUT2D eigenvalue weighted by Crippen LogP contribution is -2.26. The summed E-state index contributed by atoms with van der Waals surface area (Å²) in [6.07, 6.45) is 2.67. The van der Waals surface area contributed by atoms with Crippen molar-refractivity contribution in [1.29, 1.82) is 0 Å². The Labute approximate surface area is 144 Å². The quantitative estimate of drug-likeness (QED) is 0.669. The Morgan fingerprint density at radius 2 is 2.08 bits per heavy atom. The molecule has 0 aliphatic carbocycles. The Morgan fingerprint density at radius 3 is 2.79 bits per heavy atom. The minimum absolute atomic E-state index is 0.101. The van der Waals surface area contributed by atoms with Crippen molar-refractivity contribution in [1.82, 2.24) is 14.7 Å². The van der Waals surface area contributed by atoms with Crippen LogP contribution < -0.4 is 10.1 Å². The van der Waals surface area contributed by atoms with Crippen molar-refractivity contribution in [2.45, 2.75) is 6.42 Å². The standard InChI is InChI=1S/C17H19N3O3S/c1-22-9-3-8-18-16(21)15-11-24-17-19-14(10-20(15)17)12-4-6-13(23-2)7-5-12/h4-7,10-11H,3,8-9H2,1-2H3,(H,18,21). The topological polar surface area (TPSA) is 64.9 Å². The molecule has 0 atom stereocenters. The molecule has 1 aromatic carbocycles. The van der Waals surface area contributed by atoms with E-state index in [1.54, 1.807) is 14.2 Å². The van der Waals surface area contributed by atoms with Crippen molar-refractivity contribution in [3.8, 4) is 17.0 Å². The lowest BCUT2D eigenvalue weighted by molar-refractivity contribution is 0.0943. The van der Waals surface area contributed by atoms with Gasteiger partial charge in [-0.05, 0) is 30.7 Å². The molecule has 0 aliphatic rings. The fourth-order valence-corrected chi connectivity index (χ4v) is 3.21. The molecule has 0 saturated carbocycles. The first-order valence-electron chi connectivity index (χ1n) is 7.61. The zero-order valence-electron chi connectivity index (χ0n) is 13.6. The highest BCUT2D eigenvalue weighted by atomic mass is 32.1. The first kappa shape index (κ1) is 16.5. The molecule has 3 aromatic rings. The number of imidazole rings is 1. The van der Waals surface area contributed by atoms with E-state index in [4.69, 9.17) is 9.47 Å². The fourth-order valence-electron chi connectivity index (χ4n) is 2.36. The van der Waals surface area contributed by atoms with Crippen LogP contribution in [0.15, 0.2) is 35.8 Å². The number of hydrogen-bond donors (Lipinski definition) is 1. The van der Waals surface area contributed by atoms with Crippen LogP contribution in [0, 0.1) is 0 Å². The Hall–Kier alpha value is -2.38. The Kier molecular flexibility index (Phi) is 5.12. The summed E-state index contributed by atoms with van der Waals surface area (Å²) in [6, 6.07) is 7.70. The van der Waals surface area contributed by atoms with E-state index in [0.29, 0.717) is 18.8 Å². The molecule has 0 unspecified atom stereocenters. The maximum atomic E-state index is 12.3. The normalized spacial score (nSPS) is 10.9. The van der Waals surface area contributed by atoms with E-state index >= 15 is 0 Å². The highest BCUT2D eigenvalue weighted by molar-refractivity contribution is 7.15. The second-order valence-corrected chi connectivity index (χ2v) is 6.07. The summed E-state index contributed by atoms with van der Waals surface area (Å²) in [5.41, 5.74) is 2.41. The Morgan fingerprint density at radius 1 is 1.29 bits per heavy atom. The third kappa shape index (κ3) is 3.42. The van der Waals surface area contributed by atoms with Gasteiger partial charge in [-0.2, -0.15) is 0 Å². The van der Waals surface area contributed by atoms with Gasteiger partial charge in [0.15, 0.2) is 4.96 Å². The van der Waals surface area contributed by atoms with Crippen LogP contribution in [0.5, 0.6) is 5.75 Å². The number of fused-ring (bicyclic) bond motifs is 1. The number of aromatic nitrogens is 2. The van der Waals surface area contributed by atoms with Crippen molar-refractivity contribution in [3.05, 3.63) is 41.5 Å². The van der Waals surface area contributed by atoms with Crippen LogP contribution >= 0.6 is 11.3 Å². The summed E-state index contributed by atoms with van der Waals surface area (Å²) in [7, 11) is 3.29. The minimum atomic E-state index is -0.101. The molecule has 2 aromatic heterocycles. The fraction of sp³-hybridized carbons (Fsp3) is 0.294. The van der Waals surface area contributed by atoms with E-state index in [1.165, 1.54) is 11.3 Å². The third-order valence-corrected chi connectivity index (χ3v) is 4.48. The van der Waals surface area contributed by atoms with Crippen LogP contribution in [0.1, 0.15) is 16.9 Å². The minimum Gasteiger partial charge on any atom is -0.497 e. The Bertz CT molecular complexity index is 823. The number of amides is 1. The summed E-state index contributed by atoms with van der Waals surface area (Å²) in [4.78, 5) is 17.7. The van der Waals surface area contributed by atoms with Gasteiger partial charge >= 0.3 is 0 Å². The van der Waals surface area contributed by atoms with Gasteiger partial charge in [-0.15, -0.1) is 11.3 Å². The number of benzene rings is 1. The van der Waals surface area contributed by atoms with E-state index in [0.717, 1.165) is 28.4 Å². The molecule has 3 rings (SSSR count).